The molecule has 0 radical (unpaired) electrons. The largest absolute Gasteiger partial charge is 0.378 e. The van der Waals surface area contributed by atoms with Gasteiger partial charge in [0.05, 0.1) is 30.4 Å². The average Bonchev–Trinajstić information content (AvgIpc) is 2.77. The number of benzene rings is 1. The van der Waals surface area contributed by atoms with Gasteiger partial charge in [-0.3, -0.25) is 4.79 Å². The molecular weight excluding hydrogens is 280 g/mol. The molecule has 1 aromatic carbocycles. The van der Waals surface area contributed by atoms with E-state index in [1.807, 2.05) is 13.8 Å². The molecule has 0 saturated carbocycles. The van der Waals surface area contributed by atoms with Crippen molar-refractivity contribution in [2.24, 2.45) is 5.41 Å². The summed E-state index contributed by atoms with van der Waals surface area (Å²) in [5.41, 5.74) is 0.661. The Morgan fingerprint density at radius 3 is 2.90 bits per heavy atom. The number of rotatable bonds is 1. The molecule has 106 valence electrons. The summed E-state index contributed by atoms with van der Waals surface area (Å²) in [5.74, 6) is -0.247. The van der Waals surface area contributed by atoms with Crippen LogP contribution >= 0.6 is 11.6 Å². The van der Waals surface area contributed by atoms with Crippen molar-refractivity contribution < 1.29 is 14.3 Å². The van der Waals surface area contributed by atoms with Crippen LogP contribution in [0.1, 0.15) is 12.5 Å². The van der Waals surface area contributed by atoms with E-state index in [0.29, 0.717) is 23.9 Å². The summed E-state index contributed by atoms with van der Waals surface area (Å²) in [6.45, 7) is 4.37. The van der Waals surface area contributed by atoms with Gasteiger partial charge in [-0.1, -0.05) is 17.7 Å². The lowest BCUT2D eigenvalue weighted by molar-refractivity contribution is -0.128. The van der Waals surface area contributed by atoms with Crippen molar-refractivity contribution in [1.82, 2.24) is 5.32 Å². The van der Waals surface area contributed by atoms with E-state index in [1.54, 1.807) is 18.2 Å². The number of anilines is 1. The van der Waals surface area contributed by atoms with Crippen LogP contribution in [0.3, 0.4) is 0 Å². The maximum atomic E-state index is 12.7. The van der Waals surface area contributed by atoms with Crippen molar-refractivity contribution in [3.8, 4) is 0 Å². The van der Waals surface area contributed by atoms with Gasteiger partial charge in [-0.15, -0.1) is 0 Å². The molecule has 1 aromatic rings. The van der Waals surface area contributed by atoms with Crippen molar-refractivity contribution in [3.05, 3.63) is 28.8 Å². The molecule has 3 rings (SSSR count). The number of imide groups is 1. The summed E-state index contributed by atoms with van der Waals surface area (Å²) in [5, 5.41) is 3.36. The average molecular weight is 295 g/mol. The van der Waals surface area contributed by atoms with Crippen LogP contribution in [0.5, 0.6) is 0 Å². The summed E-state index contributed by atoms with van der Waals surface area (Å²) in [6, 6.07) is 4.45. The number of nitrogens with zero attached hydrogens (tertiary/aromatic N) is 1. The number of carbonyl (C=O) groups excluding carboxylic acids is 2. The van der Waals surface area contributed by atoms with Crippen molar-refractivity contribution in [3.63, 3.8) is 0 Å². The van der Waals surface area contributed by atoms with Gasteiger partial charge < -0.3 is 10.1 Å². The molecular formula is C14H15ClN2O3. The van der Waals surface area contributed by atoms with E-state index < -0.39 is 11.4 Å². The highest BCUT2D eigenvalue weighted by Crippen LogP contribution is 2.36. The number of nitrogens with one attached hydrogen (secondary N) is 1. The minimum absolute atomic E-state index is 0.247. The van der Waals surface area contributed by atoms with Crippen LogP contribution in [-0.4, -0.2) is 31.2 Å². The van der Waals surface area contributed by atoms with Gasteiger partial charge in [0.1, 0.15) is 0 Å². The molecule has 3 amide bonds. The minimum atomic E-state index is -0.717. The number of fused-ring (bicyclic) bond motifs is 1. The minimum Gasteiger partial charge on any atom is -0.378 e. The van der Waals surface area contributed by atoms with Crippen LogP contribution in [0.2, 0.25) is 5.02 Å². The Kier molecular flexibility index (Phi) is 2.99. The molecule has 2 fully saturated rings. The molecule has 5 nitrogen and oxygen atoms in total. The summed E-state index contributed by atoms with van der Waals surface area (Å²) in [4.78, 5) is 26.0. The van der Waals surface area contributed by atoms with Gasteiger partial charge in [0, 0.05) is 5.02 Å². The first kappa shape index (κ1) is 13.4. The molecule has 0 aromatic heterocycles. The number of aryl methyl sites for hydroxylation is 1. The molecule has 0 spiro atoms. The SMILES string of the molecule is Cc1ccc(N2C(=O)NC3COCC3(C)C2=O)cc1Cl. The van der Waals surface area contributed by atoms with Crippen LogP contribution in [0.25, 0.3) is 0 Å². The summed E-state index contributed by atoms with van der Waals surface area (Å²) < 4.78 is 5.35. The normalized spacial score (nSPS) is 29.4. The van der Waals surface area contributed by atoms with Crippen molar-refractivity contribution in [1.29, 1.82) is 0 Å². The predicted molar refractivity (Wildman–Crippen MR) is 74.9 cm³/mol. The summed E-state index contributed by atoms with van der Waals surface area (Å²) >= 11 is 6.08. The zero-order valence-electron chi connectivity index (χ0n) is 11.3. The molecule has 6 heteroatoms. The molecule has 2 aliphatic heterocycles. The van der Waals surface area contributed by atoms with E-state index in [0.717, 1.165) is 10.5 Å². The van der Waals surface area contributed by atoms with Crippen LogP contribution in [0.15, 0.2) is 18.2 Å². The Bertz CT molecular complexity index is 604. The first-order valence-electron chi connectivity index (χ1n) is 6.42. The first-order valence-corrected chi connectivity index (χ1v) is 6.80. The van der Waals surface area contributed by atoms with Gasteiger partial charge in [-0.25, -0.2) is 9.69 Å². The number of hydrogen-bond acceptors (Lipinski definition) is 3. The van der Waals surface area contributed by atoms with Gasteiger partial charge in [0.2, 0.25) is 5.91 Å². The lowest BCUT2D eigenvalue weighted by Gasteiger charge is -2.39. The second kappa shape index (κ2) is 4.46. The third-order valence-electron chi connectivity index (χ3n) is 4.06. The topological polar surface area (TPSA) is 58.6 Å². The summed E-state index contributed by atoms with van der Waals surface area (Å²) in [6.07, 6.45) is 0. The van der Waals surface area contributed by atoms with E-state index in [1.165, 1.54) is 0 Å². The molecule has 2 heterocycles. The highest BCUT2D eigenvalue weighted by atomic mass is 35.5. The van der Waals surface area contributed by atoms with Crippen LogP contribution in [0, 0.1) is 12.3 Å². The fourth-order valence-electron chi connectivity index (χ4n) is 2.60. The van der Waals surface area contributed by atoms with E-state index in [-0.39, 0.29) is 11.9 Å². The molecule has 2 aliphatic rings. The Morgan fingerprint density at radius 1 is 1.45 bits per heavy atom. The molecule has 2 saturated heterocycles. The fourth-order valence-corrected chi connectivity index (χ4v) is 2.78. The van der Waals surface area contributed by atoms with Crippen LogP contribution < -0.4 is 10.2 Å². The second-order valence-corrected chi connectivity index (χ2v) is 5.92. The van der Waals surface area contributed by atoms with Crippen LogP contribution in [0.4, 0.5) is 10.5 Å². The quantitative estimate of drug-likeness (QED) is 0.863. The zero-order chi connectivity index (χ0) is 14.5. The summed E-state index contributed by atoms with van der Waals surface area (Å²) in [7, 11) is 0. The maximum absolute atomic E-state index is 12.7. The van der Waals surface area contributed by atoms with Gasteiger partial charge in [-0.05, 0) is 31.5 Å². The maximum Gasteiger partial charge on any atom is 0.329 e. The zero-order valence-corrected chi connectivity index (χ0v) is 12.0. The first-order chi connectivity index (χ1) is 9.43. The number of urea groups is 1. The lowest BCUT2D eigenvalue weighted by atomic mass is 9.82. The van der Waals surface area contributed by atoms with Crippen LogP contribution in [-0.2, 0) is 9.53 Å². The standard InChI is InChI=1S/C14H15ClN2O3/c1-8-3-4-9(5-10(8)15)17-12(18)14(2)7-20-6-11(14)16-13(17)19/h3-5,11H,6-7H2,1-2H3,(H,16,19). The number of hydrogen-bond donors (Lipinski definition) is 1. The molecule has 0 aliphatic carbocycles. The van der Waals surface area contributed by atoms with E-state index in [9.17, 15) is 9.59 Å². The lowest BCUT2D eigenvalue weighted by Crippen LogP contribution is -2.64. The molecule has 0 bridgehead atoms. The smallest absolute Gasteiger partial charge is 0.329 e. The van der Waals surface area contributed by atoms with Crippen molar-refractivity contribution in [2.45, 2.75) is 19.9 Å². The number of halogens is 1. The Hall–Kier alpha value is -1.59. The number of carbonyl (C=O) groups is 2. The third kappa shape index (κ3) is 1.81. The fraction of sp³-hybridized carbons (Fsp3) is 0.429. The highest BCUT2D eigenvalue weighted by molar-refractivity contribution is 6.32. The Labute approximate surface area is 121 Å². The van der Waals surface area contributed by atoms with Gasteiger partial charge >= 0.3 is 6.03 Å². The number of ether oxygens (including phenoxy) is 1. The van der Waals surface area contributed by atoms with Gasteiger partial charge in [0.15, 0.2) is 0 Å². The highest BCUT2D eigenvalue weighted by Gasteiger charge is 2.54. The molecule has 1 N–H and O–H groups in total. The Morgan fingerprint density at radius 2 is 2.20 bits per heavy atom. The predicted octanol–water partition coefficient (Wildman–Crippen LogP) is 2.11. The van der Waals surface area contributed by atoms with Crippen molar-refractivity contribution >= 4 is 29.2 Å². The molecule has 2 unspecified atom stereocenters. The Balaban J connectivity index is 2.02. The van der Waals surface area contributed by atoms with E-state index in [4.69, 9.17) is 16.3 Å². The number of amides is 3. The second-order valence-electron chi connectivity index (χ2n) is 5.51. The van der Waals surface area contributed by atoms with E-state index >= 15 is 0 Å². The van der Waals surface area contributed by atoms with Gasteiger partial charge in [-0.2, -0.15) is 0 Å². The molecule has 20 heavy (non-hydrogen) atoms. The van der Waals surface area contributed by atoms with Crippen molar-refractivity contribution in [2.75, 3.05) is 18.1 Å². The third-order valence-corrected chi connectivity index (χ3v) is 4.47. The van der Waals surface area contributed by atoms with Gasteiger partial charge in [0.25, 0.3) is 0 Å². The molecule has 2 atom stereocenters. The van der Waals surface area contributed by atoms with E-state index in [2.05, 4.69) is 5.32 Å². The monoisotopic (exact) mass is 294 g/mol.